The van der Waals surface area contributed by atoms with Gasteiger partial charge < -0.3 is 5.11 Å². The van der Waals surface area contributed by atoms with Crippen LogP contribution in [0.3, 0.4) is 0 Å². The highest BCUT2D eigenvalue weighted by Gasteiger charge is 2.14. The summed E-state index contributed by atoms with van der Waals surface area (Å²) in [5.41, 5.74) is 1.38. The maximum absolute atomic E-state index is 11.2. The van der Waals surface area contributed by atoms with Gasteiger partial charge in [0.05, 0.1) is 10.6 Å². The summed E-state index contributed by atoms with van der Waals surface area (Å²) in [6, 6.07) is 4.99. The number of aromatic nitrogens is 4. The van der Waals surface area contributed by atoms with E-state index in [9.17, 15) is 9.90 Å². The van der Waals surface area contributed by atoms with Crippen molar-refractivity contribution in [3.05, 3.63) is 40.3 Å². The lowest BCUT2D eigenvalue weighted by Gasteiger charge is -2.03. The molecule has 0 atom stereocenters. The van der Waals surface area contributed by atoms with Crippen molar-refractivity contribution in [3.63, 3.8) is 0 Å². The number of hydrogen-bond donors (Lipinski definition) is 1. The maximum Gasteiger partial charge on any atom is 0.337 e. The second-order valence-corrected chi connectivity index (χ2v) is 4.95. The van der Waals surface area contributed by atoms with Crippen LogP contribution in [0.1, 0.15) is 15.4 Å². The van der Waals surface area contributed by atoms with E-state index in [1.807, 2.05) is 5.38 Å². The molecule has 3 aromatic rings. The van der Waals surface area contributed by atoms with Crippen LogP contribution in [0, 0.1) is 0 Å². The fourth-order valence-corrected chi connectivity index (χ4v) is 2.55. The van der Waals surface area contributed by atoms with E-state index in [0.717, 1.165) is 5.01 Å². The van der Waals surface area contributed by atoms with Crippen LogP contribution in [0.5, 0.6) is 0 Å². The molecule has 0 saturated carbocycles. The Bertz CT molecular complexity index is 720. The van der Waals surface area contributed by atoms with Crippen molar-refractivity contribution in [2.24, 2.45) is 0 Å². The van der Waals surface area contributed by atoms with Crippen molar-refractivity contribution in [1.29, 1.82) is 0 Å². The number of nitrogens with zero attached hydrogens (tertiary/aromatic N) is 4. The van der Waals surface area contributed by atoms with Gasteiger partial charge in [-0.1, -0.05) is 11.3 Å². The molecule has 1 N–H and O–H groups in total. The molecule has 0 saturated heterocycles. The molecule has 6 nitrogen and oxygen atoms in total. The molecule has 0 bridgehead atoms. The third-order valence-electron chi connectivity index (χ3n) is 2.78. The monoisotopic (exact) mass is 274 g/mol. The van der Waals surface area contributed by atoms with Crippen molar-refractivity contribution in [3.8, 4) is 0 Å². The number of aryl methyl sites for hydroxylation is 2. The summed E-state index contributed by atoms with van der Waals surface area (Å²) in [6.45, 7) is 0.564. The second kappa shape index (κ2) is 4.77. The third-order valence-corrected chi connectivity index (χ3v) is 3.62. The number of carbonyl (C=O) groups is 1. The predicted molar refractivity (Wildman–Crippen MR) is 70.3 cm³/mol. The Morgan fingerprint density at radius 1 is 1.42 bits per heavy atom. The summed E-state index contributed by atoms with van der Waals surface area (Å²) < 4.78 is 1.63. The zero-order valence-electron chi connectivity index (χ0n) is 9.85. The minimum Gasteiger partial charge on any atom is -0.478 e. The average Bonchev–Trinajstić information content (AvgIpc) is 3.05. The van der Waals surface area contributed by atoms with Gasteiger partial charge in [0.1, 0.15) is 11.0 Å². The van der Waals surface area contributed by atoms with E-state index < -0.39 is 5.97 Å². The standard InChI is InChI=1S/C12H10N4O2S/c17-12(18)8-2-1-3-9-11(8)16(15-14-9)6-4-10-13-5-7-19-10/h1-3,5,7H,4,6H2,(H,17,18). The lowest BCUT2D eigenvalue weighted by atomic mass is 10.2. The smallest absolute Gasteiger partial charge is 0.337 e. The van der Waals surface area contributed by atoms with Gasteiger partial charge >= 0.3 is 5.97 Å². The quantitative estimate of drug-likeness (QED) is 0.785. The van der Waals surface area contributed by atoms with Crippen LogP contribution in [0.2, 0.25) is 0 Å². The van der Waals surface area contributed by atoms with Crippen LogP contribution in [-0.4, -0.2) is 31.1 Å². The van der Waals surface area contributed by atoms with Gasteiger partial charge in [-0.25, -0.2) is 14.5 Å². The molecular formula is C12H10N4O2S. The van der Waals surface area contributed by atoms with Crippen LogP contribution < -0.4 is 0 Å². The molecule has 2 heterocycles. The number of carboxylic acid groups (broad SMARTS) is 1. The Hall–Kier alpha value is -2.28. The lowest BCUT2D eigenvalue weighted by molar-refractivity contribution is 0.0698. The van der Waals surface area contributed by atoms with Gasteiger partial charge in [0.25, 0.3) is 0 Å². The number of hydrogen-bond acceptors (Lipinski definition) is 5. The van der Waals surface area contributed by atoms with Gasteiger partial charge in [0, 0.05) is 24.5 Å². The van der Waals surface area contributed by atoms with Crippen LogP contribution >= 0.6 is 11.3 Å². The molecular weight excluding hydrogens is 264 g/mol. The summed E-state index contributed by atoms with van der Waals surface area (Å²) in [6.07, 6.45) is 2.46. The number of rotatable bonds is 4. The maximum atomic E-state index is 11.2. The Labute approximate surface area is 112 Å². The average molecular weight is 274 g/mol. The summed E-state index contributed by atoms with van der Waals surface area (Å²) in [4.78, 5) is 15.4. The SMILES string of the molecule is O=C(O)c1cccc2nnn(CCc3nccs3)c12. The summed E-state index contributed by atoms with van der Waals surface area (Å²) in [5, 5.41) is 20.1. The van der Waals surface area contributed by atoms with Gasteiger partial charge in [0.15, 0.2) is 0 Å². The highest BCUT2D eigenvalue weighted by Crippen LogP contribution is 2.17. The van der Waals surface area contributed by atoms with E-state index in [1.54, 1.807) is 40.4 Å². The molecule has 0 aliphatic rings. The Morgan fingerprint density at radius 2 is 2.32 bits per heavy atom. The molecule has 1 aromatic carbocycles. The first kappa shape index (κ1) is 11.8. The van der Waals surface area contributed by atoms with Crippen molar-refractivity contribution in [1.82, 2.24) is 20.0 Å². The zero-order valence-corrected chi connectivity index (χ0v) is 10.7. The van der Waals surface area contributed by atoms with Crippen LogP contribution in [-0.2, 0) is 13.0 Å². The van der Waals surface area contributed by atoms with Gasteiger partial charge in [-0.2, -0.15) is 0 Å². The summed E-state index contributed by atoms with van der Waals surface area (Å²) >= 11 is 1.57. The minimum atomic E-state index is -0.969. The van der Waals surface area contributed by atoms with Gasteiger partial charge in [0.2, 0.25) is 0 Å². The molecule has 19 heavy (non-hydrogen) atoms. The largest absolute Gasteiger partial charge is 0.478 e. The van der Waals surface area contributed by atoms with E-state index >= 15 is 0 Å². The van der Waals surface area contributed by atoms with Crippen LogP contribution in [0.25, 0.3) is 11.0 Å². The Morgan fingerprint density at radius 3 is 3.05 bits per heavy atom. The van der Waals surface area contributed by atoms with Gasteiger partial charge in [-0.15, -0.1) is 16.4 Å². The number of aromatic carboxylic acids is 1. The number of carboxylic acids is 1. The van der Waals surface area contributed by atoms with Crippen molar-refractivity contribution < 1.29 is 9.90 Å². The fraction of sp³-hybridized carbons (Fsp3) is 0.167. The molecule has 0 aliphatic carbocycles. The van der Waals surface area contributed by atoms with E-state index in [0.29, 0.717) is 24.0 Å². The molecule has 0 fully saturated rings. The highest BCUT2D eigenvalue weighted by molar-refractivity contribution is 7.09. The van der Waals surface area contributed by atoms with Crippen molar-refractivity contribution >= 4 is 28.3 Å². The van der Waals surface area contributed by atoms with Crippen molar-refractivity contribution in [2.45, 2.75) is 13.0 Å². The first-order valence-corrected chi connectivity index (χ1v) is 6.57. The lowest BCUT2D eigenvalue weighted by Crippen LogP contribution is -2.07. The van der Waals surface area contributed by atoms with E-state index in [-0.39, 0.29) is 5.56 Å². The Balaban J connectivity index is 1.97. The van der Waals surface area contributed by atoms with Gasteiger partial charge in [-0.3, -0.25) is 0 Å². The molecule has 0 radical (unpaired) electrons. The van der Waals surface area contributed by atoms with Crippen molar-refractivity contribution in [2.75, 3.05) is 0 Å². The molecule has 0 aliphatic heterocycles. The minimum absolute atomic E-state index is 0.224. The van der Waals surface area contributed by atoms with Crippen LogP contribution in [0.4, 0.5) is 0 Å². The first-order chi connectivity index (χ1) is 9.25. The number of benzene rings is 1. The molecule has 0 spiro atoms. The van der Waals surface area contributed by atoms with E-state index in [2.05, 4.69) is 15.3 Å². The van der Waals surface area contributed by atoms with E-state index in [4.69, 9.17) is 0 Å². The Kier molecular flexibility index (Phi) is 2.96. The molecule has 96 valence electrons. The zero-order chi connectivity index (χ0) is 13.2. The summed E-state index contributed by atoms with van der Waals surface area (Å²) in [7, 11) is 0. The highest BCUT2D eigenvalue weighted by atomic mass is 32.1. The predicted octanol–water partition coefficient (Wildman–Crippen LogP) is 1.83. The topological polar surface area (TPSA) is 80.9 Å². The fourth-order valence-electron chi connectivity index (χ4n) is 1.94. The molecule has 3 rings (SSSR count). The molecule has 2 aromatic heterocycles. The van der Waals surface area contributed by atoms with Gasteiger partial charge in [-0.05, 0) is 12.1 Å². The normalized spacial score (nSPS) is 10.9. The van der Waals surface area contributed by atoms with E-state index in [1.165, 1.54) is 0 Å². The van der Waals surface area contributed by atoms with Crippen LogP contribution in [0.15, 0.2) is 29.8 Å². The number of para-hydroxylation sites is 1. The second-order valence-electron chi connectivity index (χ2n) is 3.97. The first-order valence-electron chi connectivity index (χ1n) is 5.69. The molecule has 0 amide bonds. The molecule has 0 unspecified atom stereocenters. The molecule has 7 heteroatoms. The third kappa shape index (κ3) is 2.19. The number of thiazole rings is 1. The summed E-state index contributed by atoms with van der Waals surface area (Å²) in [5.74, 6) is -0.969. The number of fused-ring (bicyclic) bond motifs is 1.